The van der Waals surface area contributed by atoms with Gasteiger partial charge in [-0.15, -0.1) is 0 Å². The largest absolute Gasteiger partial charge is 0.349 e. The van der Waals surface area contributed by atoms with Crippen LogP contribution in [0.15, 0.2) is 59.6 Å². The molecular weight excluding hydrogens is 342 g/mol. The van der Waals surface area contributed by atoms with Crippen LogP contribution in [-0.2, 0) is 4.79 Å². The van der Waals surface area contributed by atoms with Gasteiger partial charge in [-0.2, -0.15) is 0 Å². The molecule has 4 nitrogen and oxygen atoms in total. The average molecular weight is 366 g/mol. The van der Waals surface area contributed by atoms with Crippen LogP contribution >= 0.6 is 11.8 Å². The maximum absolute atomic E-state index is 12.8. The zero-order chi connectivity index (χ0) is 18.5. The molecule has 0 fully saturated rings. The number of nitrogens with zero attached hydrogens (tertiary/aromatic N) is 2. The number of para-hydroxylation sites is 1. The Hall–Kier alpha value is -2.40. The van der Waals surface area contributed by atoms with E-state index >= 15 is 0 Å². The SMILES string of the molecule is CC[C@@H](Sc1nc(C)nc2ccccc12)C(=O)N[C@@H](C)c1ccccc1. The van der Waals surface area contributed by atoms with E-state index in [-0.39, 0.29) is 17.2 Å². The Bertz CT molecular complexity index is 898. The van der Waals surface area contributed by atoms with E-state index in [0.717, 1.165) is 33.7 Å². The molecule has 1 aromatic heterocycles. The molecule has 134 valence electrons. The van der Waals surface area contributed by atoms with E-state index in [9.17, 15) is 4.79 Å². The minimum atomic E-state index is -0.195. The van der Waals surface area contributed by atoms with Crippen molar-refractivity contribution in [1.29, 1.82) is 0 Å². The first-order chi connectivity index (χ1) is 12.6. The summed E-state index contributed by atoms with van der Waals surface area (Å²) < 4.78 is 0. The van der Waals surface area contributed by atoms with Gasteiger partial charge in [0.2, 0.25) is 5.91 Å². The van der Waals surface area contributed by atoms with Crippen molar-refractivity contribution in [3.05, 3.63) is 66.0 Å². The van der Waals surface area contributed by atoms with Crippen LogP contribution in [0.1, 0.15) is 37.7 Å². The highest BCUT2D eigenvalue weighted by Gasteiger charge is 2.22. The minimum absolute atomic E-state index is 0.0257. The van der Waals surface area contributed by atoms with Crippen LogP contribution in [0.5, 0.6) is 0 Å². The van der Waals surface area contributed by atoms with Gasteiger partial charge in [-0.1, -0.05) is 67.2 Å². The second-order valence-corrected chi connectivity index (χ2v) is 7.44. The van der Waals surface area contributed by atoms with Gasteiger partial charge in [-0.3, -0.25) is 4.79 Å². The van der Waals surface area contributed by atoms with Gasteiger partial charge in [0, 0.05) is 5.39 Å². The van der Waals surface area contributed by atoms with Crippen LogP contribution in [0.25, 0.3) is 10.9 Å². The fourth-order valence-corrected chi connectivity index (χ4v) is 3.93. The first-order valence-corrected chi connectivity index (χ1v) is 9.71. The van der Waals surface area contributed by atoms with E-state index in [1.54, 1.807) is 0 Å². The molecule has 0 spiro atoms. The van der Waals surface area contributed by atoms with Crippen molar-refractivity contribution in [2.75, 3.05) is 0 Å². The lowest BCUT2D eigenvalue weighted by Gasteiger charge is -2.19. The lowest BCUT2D eigenvalue weighted by atomic mass is 10.1. The van der Waals surface area contributed by atoms with Gasteiger partial charge in [0.05, 0.1) is 16.8 Å². The number of thioether (sulfide) groups is 1. The Kier molecular flexibility index (Phi) is 5.89. The first-order valence-electron chi connectivity index (χ1n) is 8.84. The molecule has 0 bridgehead atoms. The van der Waals surface area contributed by atoms with Crippen molar-refractivity contribution in [1.82, 2.24) is 15.3 Å². The molecule has 2 aromatic carbocycles. The molecule has 1 amide bonds. The number of rotatable bonds is 6. The van der Waals surface area contributed by atoms with E-state index in [0.29, 0.717) is 0 Å². The smallest absolute Gasteiger partial charge is 0.234 e. The van der Waals surface area contributed by atoms with E-state index in [2.05, 4.69) is 15.3 Å². The lowest BCUT2D eigenvalue weighted by Crippen LogP contribution is -2.34. The number of carbonyl (C=O) groups is 1. The zero-order valence-electron chi connectivity index (χ0n) is 15.3. The van der Waals surface area contributed by atoms with Gasteiger partial charge >= 0.3 is 0 Å². The van der Waals surface area contributed by atoms with Gasteiger partial charge in [0.15, 0.2) is 0 Å². The molecule has 0 saturated heterocycles. The number of nitrogens with one attached hydrogen (secondary N) is 1. The third-order valence-electron chi connectivity index (χ3n) is 4.26. The van der Waals surface area contributed by atoms with Crippen LogP contribution in [0.3, 0.4) is 0 Å². The summed E-state index contributed by atoms with van der Waals surface area (Å²) in [6.45, 7) is 5.92. The molecule has 1 N–H and O–H groups in total. The maximum Gasteiger partial charge on any atom is 0.234 e. The molecule has 0 aliphatic rings. The van der Waals surface area contributed by atoms with Crippen LogP contribution in [0.2, 0.25) is 0 Å². The van der Waals surface area contributed by atoms with Crippen molar-refractivity contribution in [2.45, 2.75) is 43.5 Å². The number of hydrogen-bond donors (Lipinski definition) is 1. The summed E-state index contributed by atoms with van der Waals surface area (Å²) >= 11 is 1.51. The summed E-state index contributed by atoms with van der Waals surface area (Å²) in [6, 6.07) is 17.9. The van der Waals surface area contributed by atoms with Crippen molar-refractivity contribution >= 4 is 28.6 Å². The number of aryl methyl sites for hydroxylation is 1. The third kappa shape index (κ3) is 4.22. The van der Waals surface area contributed by atoms with Crippen molar-refractivity contribution in [3.63, 3.8) is 0 Å². The van der Waals surface area contributed by atoms with Crippen molar-refractivity contribution in [3.8, 4) is 0 Å². The Labute approximate surface area is 158 Å². The number of benzene rings is 2. The molecule has 0 radical (unpaired) electrons. The summed E-state index contributed by atoms with van der Waals surface area (Å²) in [5.74, 6) is 0.758. The number of aromatic nitrogens is 2. The normalized spacial score (nSPS) is 13.3. The van der Waals surface area contributed by atoms with E-state index < -0.39 is 0 Å². The number of carbonyl (C=O) groups excluding carboxylic acids is 1. The van der Waals surface area contributed by atoms with Crippen LogP contribution < -0.4 is 5.32 Å². The highest BCUT2D eigenvalue weighted by atomic mass is 32.2. The summed E-state index contributed by atoms with van der Waals surface area (Å²) in [4.78, 5) is 21.9. The summed E-state index contributed by atoms with van der Waals surface area (Å²) in [6.07, 6.45) is 0.732. The molecular formula is C21H23N3OS. The Balaban J connectivity index is 1.78. The van der Waals surface area contributed by atoms with Crippen LogP contribution in [0, 0.1) is 6.92 Å². The van der Waals surface area contributed by atoms with Crippen molar-refractivity contribution < 1.29 is 4.79 Å². The quantitative estimate of drug-likeness (QED) is 0.509. The topological polar surface area (TPSA) is 54.9 Å². The second-order valence-electron chi connectivity index (χ2n) is 6.25. The molecule has 3 aromatic rings. The van der Waals surface area contributed by atoms with Crippen molar-refractivity contribution in [2.24, 2.45) is 0 Å². The summed E-state index contributed by atoms with van der Waals surface area (Å²) in [7, 11) is 0. The molecule has 0 unspecified atom stereocenters. The summed E-state index contributed by atoms with van der Waals surface area (Å²) in [5, 5.41) is 4.79. The number of fused-ring (bicyclic) bond motifs is 1. The zero-order valence-corrected chi connectivity index (χ0v) is 16.1. The Morgan fingerprint density at radius 2 is 1.77 bits per heavy atom. The van der Waals surface area contributed by atoms with Gasteiger partial charge in [0.1, 0.15) is 10.9 Å². The first kappa shape index (κ1) is 18.4. The highest BCUT2D eigenvalue weighted by molar-refractivity contribution is 8.00. The molecule has 5 heteroatoms. The van der Waals surface area contributed by atoms with Gasteiger partial charge in [-0.05, 0) is 31.9 Å². The molecule has 26 heavy (non-hydrogen) atoms. The highest BCUT2D eigenvalue weighted by Crippen LogP contribution is 2.30. The number of amides is 1. The van der Waals surface area contributed by atoms with Crippen LogP contribution in [-0.4, -0.2) is 21.1 Å². The molecule has 0 aliphatic heterocycles. The van der Waals surface area contributed by atoms with Crippen LogP contribution in [0.4, 0.5) is 0 Å². The average Bonchev–Trinajstić information content (AvgIpc) is 2.66. The van der Waals surface area contributed by atoms with Gasteiger partial charge < -0.3 is 5.32 Å². The Morgan fingerprint density at radius 1 is 1.08 bits per heavy atom. The predicted molar refractivity (Wildman–Crippen MR) is 107 cm³/mol. The lowest BCUT2D eigenvalue weighted by molar-refractivity contribution is -0.121. The predicted octanol–water partition coefficient (Wildman–Crippen LogP) is 4.69. The molecule has 3 rings (SSSR count). The third-order valence-corrected chi connectivity index (χ3v) is 5.62. The van der Waals surface area contributed by atoms with E-state index in [4.69, 9.17) is 0 Å². The van der Waals surface area contributed by atoms with Gasteiger partial charge in [0.25, 0.3) is 0 Å². The fourth-order valence-electron chi connectivity index (χ4n) is 2.84. The summed E-state index contributed by atoms with van der Waals surface area (Å²) in [5.41, 5.74) is 2.01. The van der Waals surface area contributed by atoms with E-state index in [1.165, 1.54) is 11.8 Å². The molecule has 2 atom stereocenters. The van der Waals surface area contributed by atoms with E-state index in [1.807, 2.05) is 75.4 Å². The molecule has 0 saturated carbocycles. The fraction of sp³-hybridized carbons (Fsp3) is 0.286. The Morgan fingerprint density at radius 3 is 2.50 bits per heavy atom. The molecule has 0 aliphatic carbocycles. The molecule has 1 heterocycles. The maximum atomic E-state index is 12.8. The minimum Gasteiger partial charge on any atom is -0.349 e. The van der Waals surface area contributed by atoms with Gasteiger partial charge in [-0.25, -0.2) is 9.97 Å². The standard InChI is InChI=1S/C21H23N3OS/c1-4-19(20(25)22-14(2)16-10-6-5-7-11-16)26-21-17-12-8-9-13-18(17)23-15(3)24-21/h5-14,19H,4H2,1-3H3,(H,22,25)/t14-,19+/m0/s1. The second kappa shape index (κ2) is 8.32. The monoisotopic (exact) mass is 365 g/mol. The number of hydrogen-bond acceptors (Lipinski definition) is 4.